The number of nitrogens with one attached hydrogen (secondary N) is 1. The molecular weight excluding hydrogens is 322 g/mol. The minimum Gasteiger partial charge on any atom is -0.323 e. The predicted octanol–water partition coefficient (Wildman–Crippen LogP) is 2.67. The molecule has 0 radical (unpaired) electrons. The van der Waals surface area contributed by atoms with Crippen molar-refractivity contribution < 1.29 is 9.72 Å². The fourth-order valence-electron chi connectivity index (χ4n) is 2.16. The second-order valence-electron chi connectivity index (χ2n) is 5.10. The zero-order chi connectivity index (χ0) is 17.1. The molecule has 2 rings (SSSR count). The van der Waals surface area contributed by atoms with Gasteiger partial charge in [-0.25, -0.2) is 0 Å². The molecule has 0 saturated heterocycles. The molecule has 0 atom stereocenters. The van der Waals surface area contributed by atoms with Crippen LogP contribution in [0.1, 0.15) is 11.1 Å². The number of hydrogen-bond donors (Lipinski definition) is 1. The third kappa shape index (κ3) is 3.95. The van der Waals surface area contributed by atoms with Gasteiger partial charge in [0.1, 0.15) is 6.54 Å². The number of nitro groups is 1. The third-order valence-corrected chi connectivity index (χ3v) is 3.49. The van der Waals surface area contributed by atoms with Crippen LogP contribution in [-0.2, 0) is 11.3 Å². The Morgan fingerprint density at radius 3 is 2.65 bits per heavy atom. The Bertz CT molecular complexity index is 822. The lowest BCUT2D eigenvalue weighted by atomic mass is 10.1. The molecule has 0 bridgehead atoms. The molecule has 0 aliphatic heterocycles. The summed E-state index contributed by atoms with van der Waals surface area (Å²) in [5.41, 5.74) is 1.44. The molecule has 1 aromatic carbocycles. The van der Waals surface area contributed by atoms with E-state index in [-0.39, 0.29) is 12.2 Å². The summed E-state index contributed by atoms with van der Waals surface area (Å²) >= 11 is 6.11. The van der Waals surface area contributed by atoms with Gasteiger partial charge in [-0.15, -0.1) is 0 Å². The molecule has 0 aliphatic carbocycles. The summed E-state index contributed by atoms with van der Waals surface area (Å²) in [4.78, 5) is 33.9. The first-order valence-corrected chi connectivity index (χ1v) is 7.07. The maximum atomic E-state index is 12.1. The summed E-state index contributed by atoms with van der Waals surface area (Å²) in [5.74, 6) is -0.499. The molecule has 23 heavy (non-hydrogen) atoms. The quantitative estimate of drug-likeness (QED) is 0.686. The van der Waals surface area contributed by atoms with E-state index in [1.807, 2.05) is 13.0 Å². The number of amides is 1. The normalized spacial score (nSPS) is 10.4. The van der Waals surface area contributed by atoms with E-state index in [0.717, 1.165) is 34.0 Å². The molecule has 0 unspecified atom stereocenters. The first-order valence-electron chi connectivity index (χ1n) is 6.69. The minimum absolute atomic E-state index is 0.262. The lowest BCUT2D eigenvalue weighted by Gasteiger charge is -2.12. The summed E-state index contributed by atoms with van der Waals surface area (Å²) < 4.78 is 0.977. The van der Waals surface area contributed by atoms with Gasteiger partial charge in [0.05, 0.1) is 21.8 Å². The van der Waals surface area contributed by atoms with Gasteiger partial charge in [-0.1, -0.05) is 17.7 Å². The molecule has 0 spiro atoms. The average Bonchev–Trinajstić information content (AvgIpc) is 2.45. The Balaban J connectivity index is 2.22. The monoisotopic (exact) mass is 335 g/mol. The summed E-state index contributed by atoms with van der Waals surface area (Å²) in [6.07, 6.45) is 1.03. The Morgan fingerprint density at radius 2 is 2.04 bits per heavy atom. The van der Waals surface area contributed by atoms with Crippen molar-refractivity contribution in [1.29, 1.82) is 0 Å². The van der Waals surface area contributed by atoms with Crippen LogP contribution >= 0.6 is 11.6 Å². The predicted molar refractivity (Wildman–Crippen MR) is 86.9 cm³/mol. The Kier molecular flexibility index (Phi) is 4.80. The zero-order valence-electron chi connectivity index (χ0n) is 12.5. The number of carbonyl (C=O) groups excluding carboxylic acids is 1. The molecule has 1 amide bonds. The zero-order valence-corrected chi connectivity index (χ0v) is 13.3. The first kappa shape index (κ1) is 16.7. The van der Waals surface area contributed by atoms with Crippen LogP contribution < -0.4 is 10.9 Å². The van der Waals surface area contributed by atoms with Crippen molar-refractivity contribution in [3.05, 3.63) is 67.1 Å². The molecule has 1 aromatic heterocycles. The Labute approximate surface area is 136 Å². The number of halogens is 1. The summed E-state index contributed by atoms with van der Waals surface area (Å²) in [7, 11) is 0. The summed E-state index contributed by atoms with van der Waals surface area (Å²) in [5, 5.41) is 13.8. The van der Waals surface area contributed by atoms with Crippen molar-refractivity contribution in [3.63, 3.8) is 0 Å². The number of anilines is 1. The van der Waals surface area contributed by atoms with Crippen LogP contribution in [0, 0.1) is 24.0 Å². The van der Waals surface area contributed by atoms with Gasteiger partial charge in [0, 0.05) is 12.1 Å². The second kappa shape index (κ2) is 6.62. The molecular formula is C15H14ClN3O4. The molecule has 120 valence electrons. The molecule has 1 N–H and O–H groups in total. The van der Waals surface area contributed by atoms with E-state index >= 15 is 0 Å². The summed E-state index contributed by atoms with van der Waals surface area (Å²) in [6.45, 7) is 3.34. The Morgan fingerprint density at radius 1 is 1.35 bits per heavy atom. The van der Waals surface area contributed by atoms with Crippen molar-refractivity contribution >= 4 is 28.9 Å². The number of pyridine rings is 1. The number of aryl methyl sites for hydroxylation is 2. The van der Waals surface area contributed by atoms with E-state index in [4.69, 9.17) is 11.6 Å². The first-order chi connectivity index (χ1) is 10.8. The lowest BCUT2D eigenvalue weighted by Crippen LogP contribution is -2.27. The molecule has 0 fully saturated rings. The van der Waals surface area contributed by atoms with E-state index in [0.29, 0.717) is 10.7 Å². The fraction of sp³-hybridized carbons (Fsp3) is 0.200. The number of hydrogen-bond acceptors (Lipinski definition) is 4. The van der Waals surface area contributed by atoms with Crippen LogP contribution in [0.25, 0.3) is 0 Å². The van der Waals surface area contributed by atoms with Gasteiger partial charge in [-0.3, -0.25) is 24.3 Å². The van der Waals surface area contributed by atoms with Crippen LogP contribution in [-0.4, -0.2) is 15.4 Å². The number of benzene rings is 1. The maximum Gasteiger partial charge on any atom is 0.285 e. The largest absolute Gasteiger partial charge is 0.323 e. The fourth-order valence-corrected chi connectivity index (χ4v) is 2.53. The van der Waals surface area contributed by atoms with Gasteiger partial charge in [0.2, 0.25) is 5.91 Å². The van der Waals surface area contributed by atoms with E-state index in [1.165, 1.54) is 0 Å². The lowest BCUT2D eigenvalue weighted by molar-refractivity contribution is -0.385. The van der Waals surface area contributed by atoms with E-state index in [1.54, 1.807) is 13.0 Å². The number of rotatable bonds is 4. The smallest absolute Gasteiger partial charge is 0.285 e. The average molecular weight is 336 g/mol. The van der Waals surface area contributed by atoms with Crippen molar-refractivity contribution in [1.82, 2.24) is 4.57 Å². The van der Waals surface area contributed by atoms with Gasteiger partial charge in [0.15, 0.2) is 0 Å². The number of aromatic nitrogens is 1. The molecule has 0 saturated carbocycles. The number of carbonyl (C=O) groups is 1. The van der Waals surface area contributed by atoms with Crippen LogP contribution in [0.4, 0.5) is 11.4 Å². The maximum absolute atomic E-state index is 12.1. The van der Waals surface area contributed by atoms with E-state index in [2.05, 4.69) is 5.32 Å². The SMILES string of the molecule is Cc1cc(C)c(NC(=O)Cn2cc([N+](=O)[O-])ccc2=O)c(Cl)c1. The molecule has 1 heterocycles. The van der Waals surface area contributed by atoms with E-state index in [9.17, 15) is 19.7 Å². The van der Waals surface area contributed by atoms with Crippen LogP contribution in [0.2, 0.25) is 5.02 Å². The van der Waals surface area contributed by atoms with Crippen LogP contribution in [0.15, 0.2) is 35.3 Å². The minimum atomic E-state index is -0.630. The third-order valence-electron chi connectivity index (χ3n) is 3.19. The highest BCUT2D eigenvalue weighted by Crippen LogP contribution is 2.27. The Hall–Kier alpha value is -2.67. The molecule has 8 heteroatoms. The van der Waals surface area contributed by atoms with E-state index < -0.39 is 16.4 Å². The van der Waals surface area contributed by atoms with Crippen molar-refractivity contribution in [2.75, 3.05) is 5.32 Å². The highest BCUT2D eigenvalue weighted by atomic mass is 35.5. The molecule has 7 nitrogen and oxygen atoms in total. The van der Waals surface area contributed by atoms with Gasteiger partial charge in [-0.2, -0.15) is 0 Å². The number of nitrogens with zero attached hydrogens (tertiary/aromatic N) is 2. The highest BCUT2D eigenvalue weighted by molar-refractivity contribution is 6.34. The van der Waals surface area contributed by atoms with Gasteiger partial charge >= 0.3 is 0 Å². The van der Waals surface area contributed by atoms with Crippen molar-refractivity contribution in [2.45, 2.75) is 20.4 Å². The van der Waals surface area contributed by atoms with Crippen LogP contribution in [0.3, 0.4) is 0 Å². The molecule has 2 aromatic rings. The van der Waals surface area contributed by atoms with Crippen LogP contribution in [0.5, 0.6) is 0 Å². The van der Waals surface area contributed by atoms with Crippen molar-refractivity contribution in [3.8, 4) is 0 Å². The second-order valence-corrected chi connectivity index (χ2v) is 5.50. The highest BCUT2D eigenvalue weighted by Gasteiger charge is 2.13. The molecule has 0 aliphatic rings. The standard InChI is InChI=1S/C15H14ClN3O4/c1-9-5-10(2)15(12(16)6-9)17-13(20)8-18-7-11(19(22)23)3-4-14(18)21/h3-7H,8H2,1-2H3,(H,17,20). The van der Waals surface area contributed by atoms with Gasteiger partial charge in [-0.05, 0) is 31.0 Å². The van der Waals surface area contributed by atoms with Crippen molar-refractivity contribution in [2.24, 2.45) is 0 Å². The van der Waals surface area contributed by atoms with Gasteiger partial charge in [0.25, 0.3) is 11.2 Å². The van der Waals surface area contributed by atoms with Gasteiger partial charge < -0.3 is 5.32 Å². The topological polar surface area (TPSA) is 94.2 Å². The summed E-state index contributed by atoms with van der Waals surface area (Å²) in [6, 6.07) is 5.72.